The zero-order chi connectivity index (χ0) is 15.9. The van der Waals surface area contributed by atoms with E-state index >= 15 is 0 Å². The van der Waals surface area contributed by atoms with Crippen LogP contribution in [0.5, 0.6) is 0 Å². The number of nitrogens with zero attached hydrogens (tertiary/aromatic N) is 2. The first kappa shape index (κ1) is 14.6. The van der Waals surface area contributed by atoms with E-state index in [2.05, 4.69) is 40.4 Å². The van der Waals surface area contributed by atoms with E-state index in [1.54, 1.807) is 17.7 Å². The normalized spacial score (nSPS) is 17.1. The summed E-state index contributed by atoms with van der Waals surface area (Å²) < 4.78 is 0. The van der Waals surface area contributed by atoms with Gasteiger partial charge in [0.25, 0.3) is 0 Å². The van der Waals surface area contributed by atoms with Crippen LogP contribution in [0.3, 0.4) is 0 Å². The van der Waals surface area contributed by atoms with Gasteiger partial charge in [-0.25, -0.2) is 9.97 Å². The lowest BCUT2D eigenvalue weighted by atomic mass is 9.97. The van der Waals surface area contributed by atoms with Crippen LogP contribution in [-0.4, -0.2) is 27.2 Å². The van der Waals surface area contributed by atoms with E-state index in [0.717, 1.165) is 28.9 Å². The second-order valence-corrected chi connectivity index (χ2v) is 7.42. The predicted molar refractivity (Wildman–Crippen MR) is 94.7 cm³/mol. The fourth-order valence-electron chi connectivity index (χ4n) is 2.96. The van der Waals surface area contributed by atoms with Crippen LogP contribution in [-0.2, 0) is 0 Å². The first-order valence-electron chi connectivity index (χ1n) is 7.88. The molecule has 1 atom stereocenters. The summed E-state index contributed by atoms with van der Waals surface area (Å²) in [5.41, 5.74) is 0.879. The fraction of sp³-hybridized carbons (Fsp3) is 0.333. The number of nitrogens with one attached hydrogen (secondary N) is 1. The van der Waals surface area contributed by atoms with E-state index in [9.17, 15) is 5.11 Å². The number of hydrogen-bond donors (Lipinski definition) is 2. The number of anilines is 1. The van der Waals surface area contributed by atoms with Crippen LogP contribution in [0.25, 0.3) is 20.7 Å². The SMILES string of the molecule is CC(CO)(Nc1ncnc2sc(-c3ccccc3)cc12)C1CC1. The fourth-order valence-corrected chi connectivity index (χ4v) is 3.97. The third-order valence-electron chi connectivity index (χ3n) is 4.60. The van der Waals surface area contributed by atoms with Crippen molar-refractivity contribution in [3.8, 4) is 10.4 Å². The van der Waals surface area contributed by atoms with Gasteiger partial charge in [0.2, 0.25) is 0 Å². The molecule has 1 aliphatic rings. The Bertz CT molecular complexity index is 829. The third-order valence-corrected chi connectivity index (χ3v) is 5.69. The molecule has 5 heteroatoms. The second-order valence-electron chi connectivity index (χ2n) is 6.39. The standard InChI is InChI=1S/C18H19N3OS/c1-18(10-22,13-7-8-13)21-16-14-9-15(12-5-3-2-4-6-12)23-17(14)20-11-19-16/h2-6,9,11,13,22H,7-8,10H2,1H3,(H,19,20,21). The van der Waals surface area contributed by atoms with Gasteiger partial charge in [0.15, 0.2) is 0 Å². The number of rotatable bonds is 5. The molecule has 1 saturated carbocycles. The maximum atomic E-state index is 9.81. The minimum absolute atomic E-state index is 0.110. The summed E-state index contributed by atoms with van der Waals surface area (Å²) in [5, 5.41) is 14.3. The largest absolute Gasteiger partial charge is 0.394 e. The van der Waals surface area contributed by atoms with Crippen LogP contribution in [0.2, 0.25) is 0 Å². The zero-order valence-electron chi connectivity index (χ0n) is 13.0. The molecular weight excluding hydrogens is 306 g/mol. The minimum Gasteiger partial charge on any atom is -0.394 e. The molecule has 0 spiro atoms. The molecule has 4 nitrogen and oxygen atoms in total. The molecule has 2 N–H and O–H groups in total. The Morgan fingerprint density at radius 1 is 1.26 bits per heavy atom. The first-order valence-corrected chi connectivity index (χ1v) is 8.70. The summed E-state index contributed by atoms with van der Waals surface area (Å²) in [4.78, 5) is 11.0. The summed E-state index contributed by atoms with van der Waals surface area (Å²) in [6.07, 6.45) is 3.93. The van der Waals surface area contributed by atoms with Gasteiger partial charge in [0.05, 0.1) is 17.5 Å². The average Bonchev–Trinajstić information content (AvgIpc) is 3.35. The van der Waals surface area contributed by atoms with Gasteiger partial charge in [-0.2, -0.15) is 0 Å². The van der Waals surface area contributed by atoms with Gasteiger partial charge in [-0.05, 0) is 37.3 Å². The molecule has 0 saturated heterocycles. The summed E-state index contributed by atoms with van der Waals surface area (Å²) in [5.74, 6) is 1.33. The maximum absolute atomic E-state index is 9.81. The number of aromatic nitrogens is 2. The zero-order valence-corrected chi connectivity index (χ0v) is 13.8. The van der Waals surface area contributed by atoms with E-state index in [0.29, 0.717) is 5.92 Å². The Balaban J connectivity index is 1.74. The van der Waals surface area contributed by atoms with Crippen LogP contribution < -0.4 is 5.32 Å². The van der Waals surface area contributed by atoms with Crippen molar-refractivity contribution < 1.29 is 5.11 Å². The number of thiophene rings is 1. The lowest BCUT2D eigenvalue weighted by Crippen LogP contribution is -2.41. The number of aliphatic hydroxyl groups is 1. The first-order chi connectivity index (χ1) is 11.2. The van der Waals surface area contributed by atoms with E-state index in [1.807, 2.05) is 18.2 Å². The lowest BCUT2D eigenvalue weighted by molar-refractivity contribution is 0.206. The van der Waals surface area contributed by atoms with Crippen molar-refractivity contribution >= 4 is 27.4 Å². The topological polar surface area (TPSA) is 58.0 Å². The van der Waals surface area contributed by atoms with Gasteiger partial charge in [-0.3, -0.25) is 0 Å². The Morgan fingerprint density at radius 3 is 2.74 bits per heavy atom. The minimum atomic E-state index is -0.309. The summed E-state index contributed by atoms with van der Waals surface area (Å²) in [6, 6.07) is 12.5. The molecule has 3 aromatic rings. The van der Waals surface area contributed by atoms with Crippen molar-refractivity contribution in [3.05, 3.63) is 42.7 Å². The van der Waals surface area contributed by atoms with Crippen LogP contribution in [0.4, 0.5) is 5.82 Å². The molecular formula is C18H19N3OS. The number of hydrogen-bond acceptors (Lipinski definition) is 5. The van der Waals surface area contributed by atoms with Crippen molar-refractivity contribution in [3.63, 3.8) is 0 Å². The highest BCUT2D eigenvalue weighted by atomic mass is 32.1. The highest BCUT2D eigenvalue weighted by molar-refractivity contribution is 7.21. The highest BCUT2D eigenvalue weighted by Gasteiger charge is 2.41. The quantitative estimate of drug-likeness (QED) is 0.746. The van der Waals surface area contributed by atoms with Gasteiger partial charge in [-0.15, -0.1) is 11.3 Å². The third kappa shape index (κ3) is 2.71. The molecule has 1 aliphatic carbocycles. The molecule has 1 unspecified atom stereocenters. The van der Waals surface area contributed by atoms with Crippen LogP contribution in [0, 0.1) is 5.92 Å². The summed E-state index contributed by atoms with van der Waals surface area (Å²) in [7, 11) is 0. The molecule has 2 heterocycles. The van der Waals surface area contributed by atoms with Crippen LogP contribution in [0.15, 0.2) is 42.7 Å². The van der Waals surface area contributed by atoms with Gasteiger partial charge < -0.3 is 10.4 Å². The highest BCUT2D eigenvalue weighted by Crippen LogP contribution is 2.42. The molecule has 0 amide bonds. The Hall–Kier alpha value is -1.98. The van der Waals surface area contributed by atoms with Crippen LogP contribution >= 0.6 is 11.3 Å². The van der Waals surface area contributed by atoms with Crippen molar-refractivity contribution in [1.82, 2.24) is 9.97 Å². The predicted octanol–water partition coefficient (Wildman–Crippen LogP) is 3.93. The molecule has 1 fully saturated rings. The molecule has 23 heavy (non-hydrogen) atoms. The van der Waals surface area contributed by atoms with Crippen molar-refractivity contribution in [1.29, 1.82) is 0 Å². The molecule has 0 bridgehead atoms. The molecule has 0 radical (unpaired) electrons. The molecule has 4 rings (SSSR count). The van der Waals surface area contributed by atoms with E-state index in [1.165, 1.54) is 10.4 Å². The Morgan fingerprint density at radius 2 is 2.04 bits per heavy atom. The van der Waals surface area contributed by atoms with Gasteiger partial charge in [0.1, 0.15) is 17.0 Å². The van der Waals surface area contributed by atoms with Gasteiger partial charge in [0, 0.05) is 4.88 Å². The number of fused-ring (bicyclic) bond motifs is 1. The molecule has 1 aromatic carbocycles. The second kappa shape index (κ2) is 5.58. The number of aliphatic hydroxyl groups excluding tert-OH is 1. The molecule has 118 valence electrons. The van der Waals surface area contributed by atoms with E-state index in [4.69, 9.17) is 0 Å². The Kier molecular flexibility index (Phi) is 3.54. The molecule has 0 aliphatic heterocycles. The molecule has 2 aromatic heterocycles. The average molecular weight is 325 g/mol. The summed E-state index contributed by atoms with van der Waals surface area (Å²) >= 11 is 1.67. The lowest BCUT2D eigenvalue weighted by Gasteiger charge is -2.29. The monoisotopic (exact) mass is 325 g/mol. The smallest absolute Gasteiger partial charge is 0.138 e. The maximum Gasteiger partial charge on any atom is 0.138 e. The van der Waals surface area contributed by atoms with E-state index < -0.39 is 0 Å². The van der Waals surface area contributed by atoms with Crippen molar-refractivity contribution in [2.75, 3.05) is 11.9 Å². The van der Waals surface area contributed by atoms with Gasteiger partial charge in [-0.1, -0.05) is 30.3 Å². The van der Waals surface area contributed by atoms with Crippen LogP contribution in [0.1, 0.15) is 19.8 Å². The van der Waals surface area contributed by atoms with Crippen molar-refractivity contribution in [2.24, 2.45) is 5.92 Å². The van der Waals surface area contributed by atoms with E-state index in [-0.39, 0.29) is 12.1 Å². The van der Waals surface area contributed by atoms with Crippen molar-refractivity contribution in [2.45, 2.75) is 25.3 Å². The van der Waals surface area contributed by atoms with Gasteiger partial charge >= 0.3 is 0 Å². The number of benzene rings is 1. The Labute approximate surface area is 139 Å². The summed E-state index contributed by atoms with van der Waals surface area (Å²) in [6.45, 7) is 2.18.